The van der Waals surface area contributed by atoms with E-state index >= 15 is 0 Å². The molecule has 170 valence electrons. The van der Waals surface area contributed by atoms with Gasteiger partial charge < -0.3 is 20.4 Å². The lowest BCUT2D eigenvalue weighted by atomic mass is 9.75. The first-order chi connectivity index (χ1) is 14.7. The number of hydrogen-bond acceptors (Lipinski definition) is 5. The highest BCUT2D eigenvalue weighted by molar-refractivity contribution is 7.12. The number of carboxylic acid groups (broad SMARTS) is 2. The number of hydrogen-bond donors (Lipinski definition) is 3. The average Bonchev–Trinajstić information content (AvgIpc) is 3.23. The average molecular weight is 451 g/mol. The zero-order valence-corrected chi connectivity index (χ0v) is 18.7. The van der Waals surface area contributed by atoms with E-state index in [4.69, 9.17) is 0 Å². The van der Waals surface area contributed by atoms with Gasteiger partial charge in [0, 0.05) is 19.0 Å². The van der Waals surface area contributed by atoms with Crippen molar-refractivity contribution in [3.05, 3.63) is 16.3 Å². The van der Waals surface area contributed by atoms with E-state index in [-0.39, 0.29) is 29.0 Å². The van der Waals surface area contributed by atoms with Crippen LogP contribution in [-0.4, -0.2) is 47.1 Å². The van der Waals surface area contributed by atoms with E-state index in [1.165, 1.54) is 7.05 Å². The van der Waals surface area contributed by atoms with Crippen LogP contribution in [0.2, 0.25) is 0 Å². The molecule has 1 aromatic rings. The topological polar surface area (TPSA) is 124 Å². The third-order valence-corrected chi connectivity index (χ3v) is 7.68. The SMILES string of the molecule is CNC(=O)C1CCC(N(C(=O)C2CCC(C)CC2)c2ccsc2C(=O)O)CC1C(=O)O. The van der Waals surface area contributed by atoms with E-state index in [2.05, 4.69) is 12.2 Å². The van der Waals surface area contributed by atoms with Gasteiger partial charge in [-0.05, 0) is 62.3 Å². The summed E-state index contributed by atoms with van der Waals surface area (Å²) in [5.74, 6) is -3.83. The number of aliphatic carboxylic acids is 1. The number of nitrogens with zero attached hydrogens (tertiary/aromatic N) is 1. The summed E-state index contributed by atoms with van der Waals surface area (Å²) in [6.45, 7) is 2.16. The van der Waals surface area contributed by atoms with Crippen molar-refractivity contribution in [2.45, 2.75) is 57.9 Å². The summed E-state index contributed by atoms with van der Waals surface area (Å²) in [4.78, 5) is 51.2. The van der Waals surface area contributed by atoms with Gasteiger partial charge in [-0.1, -0.05) is 6.92 Å². The van der Waals surface area contributed by atoms with Crippen molar-refractivity contribution in [2.75, 3.05) is 11.9 Å². The molecule has 2 aliphatic carbocycles. The Kier molecular flexibility index (Phi) is 7.35. The number of amides is 2. The zero-order valence-electron chi connectivity index (χ0n) is 17.9. The lowest BCUT2D eigenvalue weighted by Gasteiger charge is -2.41. The number of nitrogens with one attached hydrogen (secondary N) is 1. The Morgan fingerprint density at radius 3 is 2.29 bits per heavy atom. The second kappa shape index (κ2) is 9.80. The third-order valence-electron chi connectivity index (χ3n) is 6.79. The minimum Gasteiger partial charge on any atom is -0.481 e. The molecule has 3 unspecified atom stereocenters. The normalized spacial score (nSPS) is 28.5. The van der Waals surface area contributed by atoms with Crippen LogP contribution in [0.3, 0.4) is 0 Å². The monoisotopic (exact) mass is 450 g/mol. The molecular weight excluding hydrogens is 420 g/mol. The Labute approximate surface area is 185 Å². The van der Waals surface area contributed by atoms with E-state index in [1.54, 1.807) is 16.3 Å². The van der Waals surface area contributed by atoms with Crippen LogP contribution in [0.1, 0.15) is 61.5 Å². The molecule has 2 amide bonds. The van der Waals surface area contributed by atoms with Crippen molar-refractivity contribution in [1.82, 2.24) is 5.32 Å². The van der Waals surface area contributed by atoms with Crippen LogP contribution in [0.4, 0.5) is 5.69 Å². The molecule has 0 spiro atoms. The molecule has 2 fully saturated rings. The van der Waals surface area contributed by atoms with Gasteiger partial charge in [0.2, 0.25) is 11.8 Å². The molecule has 0 aliphatic heterocycles. The van der Waals surface area contributed by atoms with Crippen molar-refractivity contribution in [1.29, 1.82) is 0 Å². The first-order valence-corrected chi connectivity index (χ1v) is 11.7. The Morgan fingerprint density at radius 2 is 1.71 bits per heavy atom. The van der Waals surface area contributed by atoms with Crippen LogP contribution in [0, 0.1) is 23.7 Å². The smallest absolute Gasteiger partial charge is 0.348 e. The first-order valence-electron chi connectivity index (χ1n) is 10.8. The van der Waals surface area contributed by atoms with E-state index in [0.29, 0.717) is 24.4 Å². The van der Waals surface area contributed by atoms with E-state index < -0.39 is 29.8 Å². The van der Waals surface area contributed by atoms with Gasteiger partial charge in [0.15, 0.2) is 0 Å². The summed E-state index contributed by atoms with van der Waals surface area (Å²) in [5.41, 5.74) is 0.341. The Hall–Kier alpha value is -2.42. The minimum absolute atomic E-state index is 0.0813. The third kappa shape index (κ3) is 4.92. The Morgan fingerprint density at radius 1 is 1.03 bits per heavy atom. The molecule has 9 heteroatoms. The predicted molar refractivity (Wildman–Crippen MR) is 116 cm³/mol. The van der Waals surface area contributed by atoms with E-state index in [9.17, 15) is 29.4 Å². The molecule has 31 heavy (non-hydrogen) atoms. The molecule has 3 N–H and O–H groups in total. The van der Waals surface area contributed by atoms with Crippen molar-refractivity contribution in [3.8, 4) is 0 Å². The van der Waals surface area contributed by atoms with Gasteiger partial charge in [0.05, 0.1) is 17.5 Å². The summed E-state index contributed by atoms with van der Waals surface area (Å²) in [5, 5.41) is 23.6. The summed E-state index contributed by atoms with van der Waals surface area (Å²) in [6.07, 6.45) is 4.29. The molecule has 3 atom stereocenters. The number of rotatable bonds is 6. The summed E-state index contributed by atoms with van der Waals surface area (Å²) < 4.78 is 0. The van der Waals surface area contributed by atoms with Crippen LogP contribution in [0.5, 0.6) is 0 Å². The fourth-order valence-electron chi connectivity index (χ4n) is 5.01. The Balaban J connectivity index is 1.93. The molecule has 3 rings (SSSR count). The quantitative estimate of drug-likeness (QED) is 0.611. The number of carboxylic acids is 2. The molecule has 0 saturated heterocycles. The van der Waals surface area contributed by atoms with Gasteiger partial charge in [-0.2, -0.15) is 0 Å². The summed E-state index contributed by atoms with van der Waals surface area (Å²) in [6, 6.07) is 1.18. The second-order valence-corrected chi connectivity index (χ2v) is 9.65. The highest BCUT2D eigenvalue weighted by Crippen LogP contribution is 2.40. The maximum absolute atomic E-state index is 13.6. The van der Waals surface area contributed by atoms with Crippen LogP contribution in [-0.2, 0) is 14.4 Å². The zero-order chi connectivity index (χ0) is 22.7. The molecule has 2 saturated carbocycles. The Bertz CT molecular complexity index is 845. The molecule has 0 bridgehead atoms. The molecule has 1 heterocycles. The number of carbonyl (C=O) groups is 4. The maximum Gasteiger partial charge on any atom is 0.348 e. The molecule has 2 aliphatic rings. The molecule has 0 radical (unpaired) electrons. The number of anilines is 1. The highest BCUT2D eigenvalue weighted by Gasteiger charge is 2.44. The minimum atomic E-state index is -1.10. The first kappa shape index (κ1) is 23.2. The van der Waals surface area contributed by atoms with E-state index in [0.717, 1.165) is 37.0 Å². The number of aromatic carboxylic acids is 1. The van der Waals surface area contributed by atoms with Crippen LogP contribution >= 0.6 is 11.3 Å². The second-order valence-electron chi connectivity index (χ2n) is 8.74. The highest BCUT2D eigenvalue weighted by atomic mass is 32.1. The van der Waals surface area contributed by atoms with Gasteiger partial charge in [-0.3, -0.25) is 14.4 Å². The molecule has 0 aromatic carbocycles. The van der Waals surface area contributed by atoms with Crippen LogP contribution in [0.15, 0.2) is 11.4 Å². The van der Waals surface area contributed by atoms with Gasteiger partial charge in [-0.15, -0.1) is 11.3 Å². The lowest BCUT2D eigenvalue weighted by molar-refractivity contribution is -0.149. The standard InChI is InChI=1S/C22H30N2O6S/c1-12-3-5-13(6-4-12)20(26)24(17-9-10-31-18(17)22(29)30)14-7-8-15(19(25)23-2)16(11-14)21(27)28/h9-10,12-16H,3-8,11H2,1-2H3,(H,23,25)(H,27,28)(H,29,30). The summed E-state index contributed by atoms with van der Waals surface area (Å²) in [7, 11) is 1.48. The van der Waals surface area contributed by atoms with Gasteiger partial charge in [-0.25, -0.2) is 4.79 Å². The van der Waals surface area contributed by atoms with Crippen molar-refractivity contribution >= 4 is 40.8 Å². The fourth-order valence-corrected chi connectivity index (χ4v) is 5.73. The van der Waals surface area contributed by atoms with Crippen LogP contribution in [0.25, 0.3) is 0 Å². The lowest BCUT2D eigenvalue weighted by Crippen LogP contribution is -2.51. The molecule has 1 aromatic heterocycles. The van der Waals surface area contributed by atoms with Crippen LogP contribution < -0.4 is 10.2 Å². The van der Waals surface area contributed by atoms with Crippen molar-refractivity contribution in [3.63, 3.8) is 0 Å². The maximum atomic E-state index is 13.6. The number of carbonyl (C=O) groups excluding carboxylic acids is 2. The van der Waals surface area contributed by atoms with Gasteiger partial charge in [0.25, 0.3) is 0 Å². The molecule has 8 nitrogen and oxygen atoms in total. The van der Waals surface area contributed by atoms with Gasteiger partial charge >= 0.3 is 11.9 Å². The summed E-state index contributed by atoms with van der Waals surface area (Å²) >= 11 is 1.06. The largest absolute Gasteiger partial charge is 0.481 e. The fraction of sp³-hybridized carbons (Fsp3) is 0.636. The van der Waals surface area contributed by atoms with Gasteiger partial charge in [0.1, 0.15) is 4.88 Å². The van der Waals surface area contributed by atoms with Crippen molar-refractivity contribution < 1.29 is 29.4 Å². The van der Waals surface area contributed by atoms with Crippen molar-refractivity contribution in [2.24, 2.45) is 23.7 Å². The predicted octanol–water partition coefficient (Wildman–Crippen LogP) is 3.22. The molecular formula is C22H30N2O6S. The van der Waals surface area contributed by atoms with E-state index in [1.807, 2.05) is 0 Å². The number of thiophene rings is 1.